The van der Waals surface area contributed by atoms with Gasteiger partial charge in [0.1, 0.15) is 5.82 Å². The lowest BCUT2D eigenvalue weighted by molar-refractivity contribution is 0.664. The average molecular weight is 298 g/mol. The molecule has 0 atom stereocenters. The Kier molecular flexibility index (Phi) is 8.63. The first-order chi connectivity index (χ1) is 9.72. The standard InChI is InChI=1S/C16H28ClN3/c1-4-7-11-20(12-8-5-2)16-10-9-14(17)15(19-16)13-18-6-3/h9-10,18H,4-8,11-13H2,1-3H3. The molecule has 1 aromatic rings. The molecule has 0 saturated carbocycles. The highest BCUT2D eigenvalue weighted by molar-refractivity contribution is 6.31. The Morgan fingerprint density at radius 2 is 1.75 bits per heavy atom. The minimum absolute atomic E-state index is 0.735. The first-order valence-electron chi connectivity index (χ1n) is 7.83. The predicted octanol–water partition coefficient (Wildman–Crippen LogP) is 4.25. The molecular weight excluding hydrogens is 270 g/mol. The van der Waals surface area contributed by atoms with Crippen LogP contribution in [0.4, 0.5) is 5.82 Å². The number of nitrogens with zero attached hydrogens (tertiary/aromatic N) is 2. The van der Waals surface area contributed by atoms with E-state index in [1.165, 1.54) is 25.7 Å². The molecule has 20 heavy (non-hydrogen) atoms. The Balaban J connectivity index is 2.82. The van der Waals surface area contributed by atoms with E-state index in [0.717, 1.165) is 42.7 Å². The average Bonchev–Trinajstić information content (AvgIpc) is 2.47. The van der Waals surface area contributed by atoms with Gasteiger partial charge in [-0.2, -0.15) is 0 Å². The number of unbranched alkanes of at least 4 members (excludes halogenated alkanes) is 2. The lowest BCUT2D eigenvalue weighted by Gasteiger charge is -2.24. The molecule has 1 heterocycles. The number of anilines is 1. The van der Waals surface area contributed by atoms with Crippen molar-refractivity contribution < 1.29 is 0 Å². The number of hydrogen-bond donors (Lipinski definition) is 1. The summed E-state index contributed by atoms with van der Waals surface area (Å²) in [6.45, 7) is 10.4. The number of pyridine rings is 1. The highest BCUT2D eigenvalue weighted by Crippen LogP contribution is 2.20. The molecule has 0 aliphatic carbocycles. The summed E-state index contributed by atoms with van der Waals surface area (Å²) in [6, 6.07) is 4.02. The van der Waals surface area contributed by atoms with E-state index in [-0.39, 0.29) is 0 Å². The predicted molar refractivity (Wildman–Crippen MR) is 88.7 cm³/mol. The molecule has 0 bridgehead atoms. The van der Waals surface area contributed by atoms with Crippen LogP contribution in [0.15, 0.2) is 12.1 Å². The summed E-state index contributed by atoms with van der Waals surface area (Å²) in [4.78, 5) is 7.14. The van der Waals surface area contributed by atoms with Gasteiger partial charge in [-0.25, -0.2) is 4.98 Å². The van der Waals surface area contributed by atoms with Crippen LogP contribution in [0.25, 0.3) is 0 Å². The van der Waals surface area contributed by atoms with Crippen molar-refractivity contribution in [2.45, 2.75) is 53.0 Å². The molecule has 1 rings (SSSR count). The van der Waals surface area contributed by atoms with Gasteiger partial charge in [-0.15, -0.1) is 0 Å². The molecule has 1 N–H and O–H groups in total. The Hall–Kier alpha value is -0.800. The third-order valence-electron chi connectivity index (χ3n) is 3.33. The molecule has 3 nitrogen and oxygen atoms in total. The largest absolute Gasteiger partial charge is 0.357 e. The molecule has 0 spiro atoms. The summed E-state index contributed by atoms with van der Waals surface area (Å²) in [5.74, 6) is 1.06. The third-order valence-corrected chi connectivity index (χ3v) is 3.68. The summed E-state index contributed by atoms with van der Waals surface area (Å²) in [7, 11) is 0. The van der Waals surface area contributed by atoms with Gasteiger partial charge in [-0.3, -0.25) is 0 Å². The zero-order valence-corrected chi connectivity index (χ0v) is 13.8. The van der Waals surface area contributed by atoms with Crippen LogP contribution < -0.4 is 10.2 Å². The molecule has 0 amide bonds. The lowest BCUT2D eigenvalue weighted by Crippen LogP contribution is -2.27. The number of aromatic nitrogens is 1. The van der Waals surface area contributed by atoms with Crippen molar-refractivity contribution >= 4 is 17.4 Å². The van der Waals surface area contributed by atoms with E-state index >= 15 is 0 Å². The van der Waals surface area contributed by atoms with Crippen molar-refractivity contribution in [1.82, 2.24) is 10.3 Å². The molecule has 1 aromatic heterocycles. The Labute approximate surface area is 128 Å². The van der Waals surface area contributed by atoms with Crippen LogP contribution in [-0.2, 0) is 6.54 Å². The van der Waals surface area contributed by atoms with Crippen LogP contribution in [0.5, 0.6) is 0 Å². The van der Waals surface area contributed by atoms with E-state index < -0.39 is 0 Å². The quantitative estimate of drug-likeness (QED) is 0.700. The van der Waals surface area contributed by atoms with E-state index in [2.05, 4.69) is 31.0 Å². The minimum atomic E-state index is 0.735. The van der Waals surface area contributed by atoms with Crippen molar-refractivity contribution in [1.29, 1.82) is 0 Å². The second-order valence-corrected chi connectivity index (χ2v) is 5.48. The SMILES string of the molecule is CCCCN(CCCC)c1ccc(Cl)c(CNCC)n1. The maximum absolute atomic E-state index is 6.22. The van der Waals surface area contributed by atoms with Crippen LogP contribution in [0.1, 0.15) is 52.1 Å². The maximum atomic E-state index is 6.22. The van der Waals surface area contributed by atoms with E-state index in [4.69, 9.17) is 16.6 Å². The molecule has 114 valence electrons. The molecule has 0 aliphatic rings. The van der Waals surface area contributed by atoms with Gasteiger partial charge >= 0.3 is 0 Å². The van der Waals surface area contributed by atoms with Crippen molar-refractivity contribution in [3.63, 3.8) is 0 Å². The summed E-state index contributed by atoms with van der Waals surface area (Å²) in [5, 5.41) is 4.04. The van der Waals surface area contributed by atoms with E-state index in [1.54, 1.807) is 0 Å². The van der Waals surface area contributed by atoms with Crippen molar-refractivity contribution in [2.75, 3.05) is 24.5 Å². The van der Waals surface area contributed by atoms with E-state index in [1.807, 2.05) is 12.1 Å². The molecule has 0 fully saturated rings. The second kappa shape index (κ2) is 10.0. The molecule has 0 saturated heterocycles. The van der Waals surface area contributed by atoms with Crippen molar-refractivity contribution in [3.05, 3.63) is 22.8 Å². The van der Waals surface area contributed by atoms with Crippen LogP contribution in [0, 0.1) is 0 Å². The maximum Gasteiger partial charge on any atom is 0.128 e. The highest BCUT2D eigenvalue weighted by Gasteiger charge is 2.10. The molecule has 0 radical (unpaired) electrons. The fraction of sp³-hybridized carbons (Fsp3) is 0.688. The topological polar surface area (TPSA) is 28.2 Å². The van der Waals surface area contributed by atoms with Gasteiger partial charge in [-0.1, -0.05) is 45.2 Å². The van der Waals surface area contributed by atoms with Gasteiger partial charge in [0.2, 0.25) is 0 Å². The van der Waals surface area contributed by atoms with Gasteiger partial charge in [0, 0.05) is 19.6 Å². The van der Waals surface area contributed by atoms with Crippen LogP contribution in [0.3, 0.4) is 0 Å². The Bertz CT molecular complexity index is 374. The summed E-state index contributed by atoms with van der Waals surface area (Å²) in [5.41, 5.74) is 0.948. The van der Waals surface area contributed by atoms with Gasteiger partial charge in [0.05, 0.1) is 10.7 Å². The number of halogens is 1. The van der Waals surface area contributed by atoms with E-state index in [9.17, 15) is 0 Å². The Morgan fingerprint density at radius 1 is 1.10 bits per heavy atom. The van der Waals surface area contributed by atoms with Crippen LogP contribution in [-0.4, -0.2) is 24.6 Å². The Morgan fingerprint density at radius 3 is 2.30 bits per heavy atom. The smallest absolute Gasteiger partial charge is 0.128 e. The second-order valence-electron chi connectivity index (χ2n) is 5.07. The summed E-state index contributed by atoms with van der Waals surface area (Å²) >= 11 is 6.22. The van der Waals surface area contributed by atoms with Crippen molar-refractivity contribution in [2.24, 2.45) is 0 Å². The summed E-state index contributed by atoms with van der Waals surface area (Å²) in [6.07, 6.45) is 4.83. The molecule has 0 aromatic carbocycles. The molecule has 0 unspecified atom stereocenters. The molecule has 0 aliphatic heterocycles. The van der Waals surface area contributed by atoms with Gasteiger partial charge in [0.15, 0.2) is 0 Å². The number of nitrogens with one attached hydrogen (secondary N) is 1. The minimum Gasteiger partial charge on any atom is -0.357 e. The monoisotopic (exact) mass is 297 g/mol. The zero-order chi connectivity index (χ0) is 14.8. The molecule has 4 heteroatoms. The zero-order valence-electron chi connectivity index (χ0n) is 13.1. The fourth-order valence-electron chi connectivity index (χ4n) is 2.06. The number of rotatable bonds is 10. The normalized spacial score (nSPS) is 10.8. The summed E-state index contributed by atoms with van der Waals surface area (Å²) < 4.78 is 0. The highest BCUT2D eigenvalue weighted by atomic mass is 35.5. The third kappa shape index (κ3) is 5.68. The van der Waals surface area contributed by atoms with Gasteiger partial charge in [0.25, 0.3) is 0 Å². The van der Waals surface area contributed by atoms with Crippen molar-refractivity contribution in [3.8, 4) is 0 Å². The van der Waals surface area contributed by atoms with Crippen LogP contribution >= 0.6 is 11.6 Å². The first-order valence-corrected chi connectivity index (χ1v) is 8.21. The fourth-order valence-corrected chi connectivity index (χ4v) is 2.23. The van der Waals surface area contributed by atoms with Crippen LogP contribution in [0.2, 0.25) is 5.02 Å². The molecular formula is C16H28ClN3. The number of hydrogen-bond acceptors (Lipinski definition) is 3. The van der Waals surface area contributed by atoms with Gasteiger partial charge in [-0.05, 0) is 31.5 Å². The van der Waals surface area contributed by atoms with Gasteiger partial charge < -0.3 is 10.2 Å². The van der Waals surface area contributed by atoms with E-state index in [0.29, 0.717) is 0 Å². The lowest BCUT2D eigenvalue weighted by atomic mass is 10.2. The first kappa shape index (κ1) is 17.3.